The molecule has 0 aliphatic heterocycles. The first-order valence-electron chi connectivity index (χ1n) is 29.4. The molecular weight excluding hydrogens is 1270 g/mol. The zero-order chi connectivity index (χ0) is 71.1. The van der Waals surface area contributed by atoms with Gasteiger partial charge in [0.05, 0.1) is 0 Å². The van der Waals surface area contributed by atoms with Crippen LogP contribution in [0.3, 0.4) is 0 Å². The van der Waals surface area contributed by atoms with Crippen molar-refractivity contribution in [2.75, 3.05) is 117 Å². The van der Waals surface area contributed by atoms with Gasteiger partial charge in [-0.15, -0.1) is 0 Å². The predicted molar refractivity (Wildman–Crippen MR) is 389 cm³/mol. The number of hydrogen-bond donors (Lipinski definition) is 21. The molecule has 33 N–H and O–H groups in total. The Morgan fingerprint density at radius 2 is 0.232 bits per heavy atom. The topological polar surface area (TPSA) is 574 Å². The number of amides is 9. The highest BCUT2D eigenvalue weighted by Gasteiger charge is 2.23. The van der Waals surface area contributed by atoms with E-state index in [2.05, 4.69) is 47.9 Å². The first-order chi connectivity index (χ1) is 47.0. The van der Waals surface area contributed by atoms with Gasteiger partial charge in [0.15, 0.2) is 0 Å². The number of nitrogens with one attached hydrogen (secondary N) is 9. The quantitative estimate of drug-likeness (QED) is 0.0362. The smallest absolute Gasteiger partial charge is 0.255 e. The summed E-state index contributed by atoms with van der Waals surface area (Å²) in [5.41, 5.74) is 73.3. The molecule has 0 spiro atoms. The van der Waals surface area contributed by atoms with Gasteiger partial charge in [0.1, 0.15) is 0 Å². The van der Waals surface area contributed by atoms with Crippen molar-refractivity contribution in [1.29, 1.82) is 0 Å². The highest BCUT2D eigenvalue weighted by atomic mass is 16.2. The van der Waals surface area contributed by atoms with E-state index >= 15 is 0 Å². The normalized spacial score (nSPS) is 10.7. The van der Waals surface area contributed by atoms with Gasteiger partial charge in [-0.25, -0.2) is 0 Å². The summed E-state index contributed by atoms with van der Waals surface area (Å²) >= 11 is 0. The number of nitrogens with two attached hydrogens (primary N) is 12. The zero-order valence-corrected chi connectivity index (χ0v) is 51.9. The molecule has 0 fully saturated rings. The molecule has 0 unspecified atom stereocenters. The molecule has 0 heterocycles. The van der Waals surface area contributed by atoms with Crippen molar-refractivity contribution >= 4 is 173 Å². The Labute approximate surface area is 562 Å². The third-order valence-electron chi connectivity index (χ3n) is 14.3. The fraction of sp³-hybridized carbons (Fsp3) is 0. The zero-order valence-electron chi connectivity index (χ0n) is 51.9. The summed E-state index contributed by atoms with van der Waals surface area (Å²) < 4.78 is 0. The Bertz CT molecular complexity index is 4160. The first-order valence-corrected chi connectivity index (χ1v) is 29.4. The van der Waals surface area contributed by atoms with Gasteiger partial charge in [0.25, 0.3) is 53.2 Å². The molecule has 99 heavy (non-hydrogen) atoms. The third-order valence-corrected chi connectivity index (χ3v) is 14.3. The molecule has 0 saturated carbocycles. The lowest BCUT2D eigenvalue weighted by Gasteiger charge is -2.16. The van der Waals surface area contributed by atoms with Crippen molar-refractivity contribution in [2.45, 2.75) is 0 Å². The molecular formula is C69H63N21O9. The summed E-state index contributed by atoms with van der Waals surface area (Å²) in [5.74, 6) is -7.15. The minimum absolute atomic E-state index is 0.0143. The van der Waals surface area contributed by atoms with Crippen LogP contribution in [0.5, 0.6) is 0 Å². The Kier molecular flexibility index (Phi) is 19.0. The van der Waals surface area contributed by atoms with Crippen LogP contribution in [-0.2, 0) is 0 Å². The number of anilines is 21. The van der Waals surface area contributed by atoms with Gasteiger partial charge in [-0.05, 0) is 182 Å². The molecule has 10 rings (SSSR count). The van der Waals surface area contributed by atoms with E-state index in [1.165, 1.54) is 164 Å². The fourth-order valence-electron chi connectivity index (χ4n) is 10.2. The van der Waals surface area contributed by atoms with Crippen LogP contribution in [0, 0.1) is 0 Å². The van der Waals surface area contributed by atoms with E-state index in [0.29, 0.717) is 0 Å². The lowest BCUT2D eigenvalue weighted by molar-refractivity contribution is 0.101. The maximum absolute atomic E-state index is 14.9. The van der Waals surface area contributed by atoms with E-state index in [9.17, 15) is 43.2 Å². The monoisotopic (exact) mass is 1330 g/mol. The Balaban J connectivity index is 1.04. The van der Waals surface area contributed by atoms with Crippen molar-refractivity contribution in [3.63, 3.8) is 0 Å². The van der Waals surface area contributed by atoms with Gasteiger partial charge in [-0.3, -0.25) is 43.2 Å². The van der Waals surface area contributed by atoms with Crippen molar-refractivity contribution in [1.82, 2.24) is 0 Å². The number of rotatable bonds is 18. The fourth-order valence-corrected chi connectivity index (χ4v) is 10.2. The molecule has 30 heteroatoms. The number of carbonyl (C=O) groups excluding carboxylic acids is 9. The molecule has 0 aliphatic carbocycles. The lowest BCUT2D eigenvalue weighted by Crippen LogP contribution is -2.20. The van der Waals surface area contributed by atoms with E-state index < -0.39 is 53.2 Å². The lowest BCUT2D eigenvalue weighted by atomic mass is 10.0. The number of hydrogen-bond acceptors (Lipinski definition) is 21. The summed E-state index contributed by atoms with van der Waals surface area (Å²) in [6.07, 6.45) is 0. The number of carbonyl (C=O) groups is 9. The summed E-state index contributed by atoms with van der Waals surface area (Å²) in [4.78, 5) is 127. The van der Waals surface area contributed by atoms with E-state index in [1.807, 2.05) is 0 Å². The number of benzene rings is 10. The van der Waals surface area contributed by atoms with E-state index in [4.69, 9.17) is 68.8 Å². The maximum Gasteiger partial charge on any atom is 0.255 e. The van der Waals surface area contributed by atoms with Gasteiger partial charge in [0, 0.05) is 170 Å². The van der Waals surface area contributed by atoms with Crippen LogP contribution in [0.1, 0.15) is 93.2 Å². The maximum atomic E-state index is 14.9. The SMILES string of the molecule is Nc1cc(N)cc(C(=O)Nc2cc(NC(=O)c3cc(N)cc(N)c3)cc(NC(=O)c3cc(C(=O)Nc4cc(NC(=O)c5cc(N)cc(N)c5)cc(NC(=O)c5cc(N)cc(N)c5)c4)cc(C(=O)Nc4cc(NC(=O)c5cc(N)cc(N)c5)cc(NC(=O)c5cc(N)cc(N)c5)c4)c3)c2)c1. The number of nitrogen functional groups attached to an aromatic ring is 12. The van der Waals surface area contributed by atoms with E-state index in [0.717, 1.165) is 18.2 Å². The Morgan fingerprint density at radius 3 is 0.333 bits per heavy atom. The Hall–Kier alpha value is -15.0. The Morgan fingerprint density at radius 1 is 0.141 bits per heavy atom. The van der Waals surface area contributed by atoms with Crippen LogP contribution in [0.15, 0.2) is 182 Å². The van der Waals surface area contributed by atoms with Crippen LogP contribution in [0.4, 0.5) is 119 Å². The average Bonchev–Trinajstić information content (AvgIpc) is 0.843. The van der Waals surface area contributed by atoms with Crippen molar-refractivity contribution in [2.24, 2.45) is 0 Å². The summed E-state index contributed by atoms with van der Waals surface area (Å²) in [5, 5.41) is 24.4. The predicted octanol–water partition coefficient (Wildman–Crippen LogP) is 7.94. The van der Waals surface area contributed by atoms with Crippen molar-refractivity contribution in [3.05, 3.63) is 232 Å². The minimum Gasteiger partial charge on any atom is -0.399 e. The summed E-state index contributed by atoms with van der Waals surface area (Å²) in [7, 11) is 0. The molecule has 9 amide bonds. The largest absolute Gasteiger partial charge is 0.399 e. The second-order valence-electron chi connectivity index (χ2n) is 22.6. The molecule has 0 aromatic heterocycles. The first kappa shape index (κ1) is 66.9. The second-order valence-corrected chi connectivity index (χ2v) is 22.6. The molecule has 0 saturated heterocycles. The average molecular weight is 1330 g/mol. The molecule has 0 bridgehead atoms. The van der Waals surface area contributed by atoms with Crippen LogP contribution in [0.2, 0.25) is 0 Å². The van der Waals surface area contributed by atoms with Gasteiger partial charge in [-0.1, -0.05) is 0 Å². The highest BCUT2D eigenvalue weighted by molar-refractivity contribution is 6.16. The molecule has 498 valence electrons. The highest BCUT2D eigenvalue weighted by Crippen LogP contribution is 2.31. The van der Waals surface area contributed by atoms with Crippen LogP contribution >= 0.6 is 0 Å². The van der Waals surface area contributed by atoms with Gasteiger partial charge >= 0.3 is 0 Å². The van der Waals surface area contributed by atoms with Crippen molar-refractivity contribution in [3.8, 4) is 0 Å². The molecule has 30 nitrogen and oxygen atoms in total. The van der Waals surface area contributed by atoms with Crippen molar-refractivity contribution < 1.29 is 43.2 Å². The third kappa shape index (κ3) is 17.4. The summed E-state index contributed by atoms with van der Waals surface area (Å²) in [6, 6.07) is 40.6. The molecule has 10 aromatic rings. The van der Waals surface area contributed by atoms with Crippen LogP contribution in [-0.4, -0.2) is 53.2 Å². The van der Waals surface area contributed by atoms with Gasteiger partial charge in [0.2, 0.25) is 0 Å². The molecule has 10 aromatic carbocycles. The van der Waals surface area contributed by atoms with Gasteiger partial charge in [-0.2, -0.15) is 0 Å². The standard InChI is InChI=1S/C69H63N21O9/c70-40-4-34(5-41(71)16-40)64(94)85-55-22-52(23-56(28-55)86-65(95)35-6-42(72)17-43(73)7-35)82-61(91)31-1-32(62(92)83-53-24-57(87-66(96)36-8-44(74)18-45(75)9-36)29-58(25-53)88-67(97)37-10-46(76)19-47(77)11-37)3-33(2-31)63(93)84-54-26-59(89-68(98)38-12-48(78)20-49(79)13-38)30-60(27-54)90-69(99)39-14-50(80)21-51(81)15-39/h1-30H,70-81H2,(H,82,91)(H,83,92)(H,84,93)(H,85,94)(H,86,95)(H,87,96)(H,88,97)(H,89,98)(H,90,99). The molecule has 0 radical (unpaired) electrons. The van der Waals surface area contributed by atoms with E-state index in [1.54, 1.807) is 0 Å². The summed E-state index contributed by atoms with van der Waals surface area (Å²) in [6.45, 7) is 0. The second kappa shape index (κ2) is 28.1. The molecule has 0 atom stereocenters. The van der Waals surface area contributed by atoms with Crippen LogP contribution < -0.4 is 117 Å². The van der Waals surface area contributed by atoms with Crippen LogP contribution in [0.25, 0.3) is 0 Å². The van der Waals surface area contributed by atoms with E-state index in [-0.39, 0.29) is 170 Å². The van der Waals surface area contributed by atoms with Gasteiger partial charge < -0.3 is 117 Å². The molecule has 0 aliphatic rings. The minimum atomic E-state index is -0.982.